The minimum absolute atomic E-state index is 0.00744. The second-order valence-electron chi connectivity index (χ2n) is 8.03. The molecule has 2 N–H and O–H groups in total. The molecule has 0 spiro atoms. The predicted molar refractivity (Wildman–Crippen MR) is 115 cm³/mol. The molecule has 0 radical (unpaired) electrons. The zero-order valence-electron chi connectivity index (χ0n) is 17.5. The van der Waals surface area contributed by atoms with Crippen LogP contribution in [0.25, 0.3) is 0 Å². The molecule has 8 heteroatoms. The van der Waals surface area contributed by atoms with Crippen molar-refractivity contribution >= 4 is 23.5 Å². The molecular weight excluding hydrogens is 396 g/mol. The van der Waals surface area contributed by atoms with Gasteiger partial charge in [0.25, 0.3) is 0 Å². The summed E-state index contributed by atoms with van der Waals surface area (Å²) >= 11 is 0. The molecule has 8 nitrogen and oxygen atoms in total. The van der Waals surface area contributed by atoms with Crippen LogP contribution < -0.4 is 15.5 Å². The molecule has 0 aliphatic carbocycles. The van der Waals surface area contributed by atoms with E-state index in [0.717, 1.165) is 30.0 Å². The van der Waals surface area contributed by atoms with Gasteiger partial charge in [-0.15, -0.1) is 0 Å². The first-order chi connectivity index (χ1) is 15.1. The molecule has 4 rings (SSSR count). The Morgan fingerprint density at radius 1 is 1.00 bits per heavy atom. The van der Waals surface area contributed by atoms with Crippen LogP contribution >= 0.6 is 0 Å². The smallest absolute Gasteiger partial charge is 0.317 e. The van der Waals surface area contributed by atoms with Gasteiger partial charge in [0.1, 0.15) is 5.76 Å². The fraction of sp³-hybridized carbons (Fsp3) is 0.435. The van der Waals surface area contributed by atoms with E-state index in [1.54, 1.807) is 22.1 Å². The van der Waals surface area contributed by atoms with Crippen LogP contribution in [-0.4, -0.2) is 42.4 Å². The summed E-state index contributed by atoms with van der Waals surface area (Å²) in [5.41, 5.74) is 1.89. The third-order valence-electron chi connectivity index (χ3n) is 5.94. The lowest BCUT2D eigenvalue weighted by Crippen LogP contribution is -2.46. The van der Waals surface area contributed by atoms with Gasteiger partial charge in [-0.3, -0.25) is 9.59 Å². The maximum Gasteiger partial charge on any atom is 0.317 e. The lowest BCUT2D eigenvalue weighted by atomic mass is 9.96. The second-order valence-corrected chi connectivity index (χ2v) is 8.03. The van der Waals surface area contributed by atoms with Crippen molar-refractivity contribution in [3.63, 3.8) is 0 Å². The zero-order valence-corrected chi connectivity index (χ0v) is 17.5. The van der Waals surface area contributed by atoms with E-state index in [0.29, 0.717) is 45.4 Å². The van der Waals surface area contributed by atoms with Gasteiger partial charge < -0.3 is 24.9 Å². The Morgan fingerprint density at radius 2 is 1.77 bits per heavy atom. The summed E-state index contributed by atoms with van der Waals surface area (Å²) in [5, 5.41) is 5.84. The molecular formula is C23H28N4O4. The molecule has 2 saturated heterocycles. The highest BCUT2D eigenvalue weighted by Crippen LogP contribution is 2.22. The fourth-order valence-corrected chi connectivity index (χ4v) is 4.08. The number of nitrogens with one attached hydrogen (secondary N) is 2. The summed E-state index contributed by atoms with van der Waals surface area (Å²) < 4.78 is 5.23. The lowest BCUT2D eigenvalue weighted by Gasteiger charge is -2.31. The molecule has 2 aliphatic heterocycles. The summed E-state index contributed by atoms with van der Waals surface area (Å²) in [6.45, 7) is 2.70. The van der Waals surface area contributed by atoms with E-state index >= 15 is 0 Å². The number of carbonyl (C=O) groups excluding carboxylic acids is 3. The molecule has 1 aromatic carbocycles. The van der Waals surface area contributed by atoms with Crippen molar-refractivity contribution in [2.75, 3.05) is 24.5 Å². The number of amides is 4. The van der Waals surface area contributed by atoms with Gasteiger partial charge in [0, 0.05) is 44.2 Å². The number of likely N-dealkylation sites (tertiary alicyclic amines) is 1. The molecule has 31 heavy (non-hydrogen) atoms. The van der Waals surface area contributed by atoms with Gasteiger partial charge in [-0.25, -0.2) is 4.79 Å². The number of piperidine rings is 1. The van der Waals surface area contributed by atoms with Crippen molar-refractivity contribution < 1.29 is 18.8 Å². The van der Waals surface area contributed by atoms with E-state index in [1.807, 2.05) is 30.3 Å². The first-order valence-electron chi connectivity index (χ1n) is 10.8. The average Bonchev–Trinajstić information content (AvgIpc) is 3.48. The molecule has 2 aromatic rings. The van der Waals surface area contributed by atoms with Crippen molar-refractivity contribution in [3.05, 3.63) is 54.0 Å². The standard InChI is InChI=1S/C23H28N4O4/c28-21-4-1-11-27(21)19-7-5-17(6-8-19)15-25-23(30)26-12-9-18(10-13-26)22(29)24-16-20-3-2-14-31-20/h2-3,5-8,14,18H,1,4,9-13,15-16H2,(H,24,29)(H,25,30). The number of furan rings is 1. The minimum Gasteiger partial charge on any atom is -0.467 e. The summed E-state index contributed by atoms with van der Waals surface area (Å²) in [6.07, 6.45) is 4.40. The quantitative estimate of drug-likeness (QED) is 0.745. The molecule has 0 atom stereocenters. The number of carbonyl (C=O) groups is 3. The predicted octanol–water partition coefficient (Wildman–Crippen LogP) is 2.64. The van der Waals surface area contributed by atoms with Crippen LogP contribution in [0.1, 0.15) is 37.0 Å². The van der Waals surface area contributed by atoms with Gasteiger partial charge in [0.2, 0.25) is 11.8 Å². The summed E-state index contributed by atoms with van der Waals surface area (Å²) in [4.78, 5) is 40.2. The molecule has 0 unspecified atom stereocenters. The molecule has 2 aliphatic rings. The molecule has 2 fully saturated rings. The molecule has 3 heterocycles. The van der Waals surface area contributed by atoms with Crippen molar-refractivity contribution in [2.45, 2.75) is 38.8 Å². The highest BCUT2D eigenvalue weighted by Gasteiger charge is 2.27. The maximum absolute atomic E-state index is 12.5. The van der Waals surface area contributed by atoms with Crippen LogP contribution in [0.5, 0.6) is 0 Å². The average molecular weight is 425 g/mol. The van der Waals surface area contributed by atoms with Gasteiger partial charge in [0.15, 0.2) is 0 Å². The number of rotatable bonds is 6. The van der Waals surface area contributed by atoms with E-state index < -0.39 is 0 Å². The van der Waals surface area contributed by atoms with E-state index in [9.17, 15) is 14.4 Å². The number of hydrogen-bond acceptors (Lipinski definition) is 4. The van der Waals surface area contributed by atoms with Crippen molar-refractivity contribution in [1.29, 1.82) is 0 Å². The first-order valence-corrected chi connectivity index (χ1v) is 10.8. The maximum atomic E-state index is 12.5. The Balaban J connectivity index is 1.18. The normalized spacial score (nSPS) is 17.1. The van der Waals surface area contributed by atoms with Crippen LogP contribution in [0.4, 0.5) is 10.5 Å². The highest BCUT2D eigenvalue weighted by atomic mass is 16.3. The zero-order chi connectivity index (χ0) is 21.6. The number of hydrogen-bond donors (Lipinski definition) is 2. The Kier molecular flexibility index (Phi) is 6.54. The first kappa shape index (κ1) is 21.0. The van der Waals surface area contributed by atoms with Gasteiger partial charge in [-0.2, -0.15) is 0 Å². The van der Waals surface area contributed by atoms with Crippen molar-refractivity contribution in [1.82, 2.24) is 15.5 Å². The monoisotopic (exact) mass is 424 g/mol. The van der Waals surface area contributed by atoms with E-state index in [4.69, 9.17) is 4.42 Å². The Labute approximate surface area is 181 Å². The van der Waals surface area contributed by atoms with Gasteiger partial charge >= 0.3 is 6.03 Å². The van der Waals surface area contributed by atoms with Crippen molar-refractivity contribution in [3.8, 4) is 0 Å². The largest absolute Gasteiger partial charge is 0.467 e. The molecule has 1 aromatic heterocycles. The van der Waals surface area contributed by atoms with Crippen LogP contribution in [0.3, 0.4) is 0 Å². The van der Waals surface area contributed by atoms with E-state index in [2.05, 4.69) is 10.6 Å². The SMILES string of the molecule is O=C(NCc1ccco1)C1CCN(C(=O)NCc2ccc(N3CCCC3=O)cc2)CC1. The van der Waals surface area contributed by atoms with Gasteiger partial charge in [-0.1, -0.05) is 12.1 Å². The van der Waals surface area contributed by atoms with Gasteiger partial charge in [0.05, 0.1) is 12.8 Å². The Hall–Kier alpha value is -3.29. The Bertz CT molecular complexity index is 902. The second kappa shape index (κ2) is 9.68. The molecule has 0 saturated carbocycles. The summed E-state index contributed by atoms with van der Waals surface area (Å²) in [7, 11) is 0. The van der Waals surface area contributed by atoms with Crippen molar-refractivity contribution in [2.24, 2.45) is 5.92 Å². The van der Waals surface area contributed by atoms with E-state index in [-0.39, 0.29) is 23.8 Å². The number of nitrogens with zero attached hydrogens (tertiary/aromatic N) is 2. The topological polar surface area (TPSA) is 94.9 Å². The third-order valence-corrected chi connectivity index (χ3v) is 5.94. The van der Waals surface area contributed by atoms with E-state index in [1.165, 1.54) is 0 Å². The summed E-state index contributed by atoms with van der Waals surface area (Å²) in [5.74, 6) is 0.817. The fourth-order valence-electron chi connectivity index (χ4n) is 4.08. The molecule has 0 bridgehead atoms. The van der Waals surface area contributed by atoms with Crippen LogP contribution in [0, 0.1) is 5.92 Å². The third kappa shape index (κ3) is 5.25. The van der Waals surface area contributed by atoms with Crippen LogP contribution in [0.15, 0.2) is 47.1 Å². The van der Waals surface area contributed by atoms with Gasteiger partial charge in [-0.05, 0) is 49.1 Å². The van der Waals surface area contributed by atoms with Crippen LogP contribution in [-0.2, 0) is 22.7 Å². The lowest BCUT2D eigenvalue weighted by molar-refractivity contribution is -0.126. The number of anilines is 1. The number of urea groups is 1. The van der Waals surface area contributed by atoms with Crippen LogP contribution in [0.2, 0.25) is 0 Å². The number of benzene rings is 1. The molecule has 4 amide bonds. The molecule has 164 valence electrons. The minimum atomic E-state index is -0.117. The highest BCUT2D eigenvalue weighted by molar-refractivity contribution is 5.95. The Morgan fingerprint density at radius 3 is 2.42 bits per heavy atom. The summed E-state index contributed by atoms with van der Waals surface area (Å²) in [6, 6.07) is 11.2.